The molecule has 3 aromatic rings. The maximum absolute atomic E-state index is 13.0. The number of nitro groups is 1. The predicted octanol–water partition coefficient (Wildman–Crippen LogP) is 4.96. The Morgan fingerprint density at radius 3 is 2.32 bits per heavy atom. The zero-order chi connectivity index (χ0) is 27.3. The highest BCUT2D eigenvalue weighted by Gasteiger charge is 2.18. The van der Waals surface area contributed by atoms with Crippen LogP contribution in [-0.2, 0) is 4.79 Å². The number of hydrogen-bond donors (Lipinski definition) is 4. The largest absolute Gasteiger partial charge is 0.507 e. The minimum absolute atomic E-state index is 0.119. The average molecular weight is 588 g/mol. The Morgan fingerprint density at radius 1 is 1.05 bits per heavy atom. The average Bonchev–Trinajstić information content (AvgIpc) is 2.88. The molecule has 37 heavy (non-hydrogen) atoms. The van der Waals surface area contributed by atoms with E-state index < -0.39 is 16.7 Å². The lowest BCUT2D eigenvalue weighted by Crippen LogP contribution is -2.33. The molecule has 0 atom stereocenters. The number of rotatable bonds is 7. The van der Waals surface area contributed by atoms with Gasteiger partial charge in [0.15, 0.2) is 0 Å². The summed E-state index contributed by atoms with van der Waals surface area (Å²) in [4.78, 5) is 36.1. The number of carbonyl (C=O) groups is 2. The second-order valence-electron chi connectivity index (χ2n) is 7.71. The third-order valence-electron chi connectivity index (χ3n) is 5.29. The van der Waals surface area contributed by atoms with E-state index in [1.165, 1.54) is 55.6 Å². The van der Waals surface area contributed by atoms with E-state index in [-0.39, 0.29) is 44.6 Å². The molecule has 0 saturated carbocycles. The van der Waals surface area contributed by atoms with Crippen LogP contribution < -0.4 is 10.7 Å². The third-order valence-corrected chi connectivity index (χ3v) is 6.59. The molecular formula is C25H20BrClN4O6. The molecule has 0 spiro atoms. The van der Waals surface area contributed by atoms with Crippen molar-refractivity contribution in [1.29, 1.82) is 0 Å². The Balaban J connectivity index is 1.92. The van der Waals surface area contributed by atoms with Gasteiger partial charge in [0, 0.05) is 23.3 Å². The number of nitrogens with zero attached hydrogens (tertiary/aromatic N) is 2. The summed E-state index contributed by atoms with van der Waals surface area (Å²) in [5, 5.41) is 37.9. The Morgan fingerprint density at radius 2 is 1.70 bits per heavy atom. The molecule has 0 radical (unpaired) electrons. The summed E-state index contributed by atoms with van der Waals surface area (Å²) in [6.45, 7) is 3.15. The van der Waals surface area contributed by atoms with Crippen LogP contribution in [0.3, 0.4) is 0 Å². The van der Waals surface area contributed by atoms with Crippen molar-refractivity contribution >= 4 is 57.3 Å². The van der Waals surface area contributed by atoms with Crippen LogP contribution in [0, 0.1) is 24.0 Å². The summed E-state index contributed by atoms with van der Waals surface area (Å²) < 4.78 is 0.362. The van der Waals surface area contributed by atoms with Gasteiger partial charge in [0.1, 0.15) is 17.2 Å². The van der Waals surface area contributed by atoms with Gasteiger partial charge in [-0.2, -0.15) is 5.10 Å². The van der Waals surface area contributed by atoms with Crippen LogP contribution >= 0.6 is 27.5 Å². The van der Waals surface area contributed by atoms with Crippen molar-refractivity contribution < 1.29 is 24.7 Å². The smallest absolute Gasteiger partial charge is 0.287 e. The number of carbonyl (C=O) groups excluding carboxylic acids is 2. The minimum atomic E-state index is -0.818. The predicted molar refractivity (Wildman–Crippen MR) is 143 cm³/mol. The minimum Gasteiger partial charge on any atom is -0.507 e. The normalized spacial score (nSPS) is 11.4. The highest BCUT2D eigenvalue weighted by atomic mass is 79.9. The van der Waals surface area contributed by atoms with Gasteiger partial charge in [0.25, 0.3) is 17.5 Å². The first-order valence-electron chi connectivity index (χ1n) is 10.6. The van der Waals surface area contributed by atoms with Crippen molar-refractivity contribution in [2.45, 2.75) is 13.8 Å². The molecule has 4 N–H and O–H groups in total. The molecule has 0 aromatic heterocycles. The second-order valence-corrected chi connectivity index (χ2v) is 8.91. The first kappa shape index (κ1) is 27.4. The van der Waals surface area contributed by atoms with Crippen molar-refractivity contribution in [2.75, 3.05) is 0 Å². The first-order valence-corrected chi connectivity index (χ1v) is 11.7. The number of phenolic OH excluding ortho intramolecular Hbond substituents is 2. The standard InChI is InChI=1S/C25H20BrClN4O6/c1-13-18(22(32)14(2)23(33)21(13)26)12-28-30-25(35)20(11-15-7-9-16(10-8-15)31(36)37)29-24(34)17-5-3-4-6-19(17)27/h3-12,32-33H,1-2H3,(H,29,34)(H,30,35)/b20-11+,28-12?. The fourth-order valence-electron chi connectivity index (χ4n) is 3.18. The molecule has 0 unspecified atom stereocenters. The van der Waals surface area contributed by atoms with E-state index in [1.54, 1.807) is 19.1 Å². The number of halogens is 2. The van der Waals surface area contributed by atoms with Crippen LogP contribution in [0.15, 0.2) is 63.8 Å². The lowest BCUT2D eigenvalue weighted by molar-refractivity contribution is -0.384. The highest BCUT2D eigenvalue weighted by molar-refractivity contribution is 9.10. The second kappa shape index (κ2) is 11.7. The van der Waals surface area contributed by atoms with Crippen molar-refractivity contribution in [3.8, 4) is 11.5 Å². The molecule has 190 valence electrons. The Labute approximate surface area is 224 Å². The van der Waals surface area contributed by atoms with Crippen molar-refractivity contribution in [3.63, 3.8) is 0 Å². The fourth-order valence-corrected chi connectivity index (χ4v) is 3.91. The maximum Gasteiger partial charge on any atom is 0.287 e. The Kier molecular flexibility index (Phi) is 8.64. The van der Waals surface area contributed by atoms with E-state index in [4.69, 9.17) is 11.6 Å². The highest BCUT2D eigenvalue weighted by Crippen LogP contribution is 2.39. The van der Waals surface area contributed by atoms with Gasteiger partial charge in [0.05, 0.1) is 26.2 Å². The van der Waals surface area contributed by atoms with Crippen LogP contribution in [0.1, 0.15) is 32.6 Å². The van der Waals surface area contributed by atoms with Gasteiger partial charge in [-0.15, -0.1) is 0 Å². The van der Waals surface area contributed by atoms with Crippen LogP contribution in [0.25, 0.3) is 6.08 Å². The molecule has 0 aliphatic carbocycles. The van der Waals surface area contributed by atoms with E-state index in [2.05, 4.69) is 31.8 Å². The van der Waals surface area contributed by atoms with Gasteiger partial charge in [-0.25, -0.2) is 5.43 Å². The van der Waals surface area contributed by atoms with E-state index in [9.17, 15) is 29.9 Å². The zero-order valence-corrected chi connectivity index (χ0v) is 21.8. The van der Waals surface area contributed by atoms with E-state index >= 15 is 0 Å². The van der Waals surface area contributed by atoms with Crippen molar-refractivity contribution in [3.05, 3.63) is 102 Å². The number of nitrogens with one attached hydrogen (secondary N) is 2. The number of hydrogen-bond acceptors (Lipinski definition) is 7. The molecular weight excluding hydrogens is 568 g/mol. The Bertz CT molecular complexity index is 1430. The quantitative estimate of drug-likeness (QED) is 0.133. The number of hydrazone groups is 1. The van der Waals surface area contributed by atoms with Crippen molar-refractivity contribution in [2.24, 2.45) is 5.10 Å². The number of nitro benzene ring substituents is 1. The zero-order valence-electron chi connectivity index (χ0n) is 19.5. The third kappa shape index (κ3) is 6.32. The number of non-ortho nitro benzene ring substituents is 1. The number of benzene rings is 3. The molecule has 2 amide bonds. The number of aromatic hydroxyl groups is 2. The molecule has 0 fully saturated rings. The van der Waals surface area contributed by atoms with E-state index in [0.29, 0.717) is 15.6 Å². The maximum atomic E-state index is 13.0. The lowest BCUT2D eigenvalue weighted by atomic mass is 10.0. The van der Waals surface area contributed by atoms with Gasteiger partial charge in [-0.3, -0.25) is 19.7 Å². The summed E-state index contributed by atoms with van der Waals surface area (Å²) in [7, 11) is 0. The molecule has 0 bridgehead atoms. The van der Waals surface area contributed by atoms with Crippen molar-refractivity contribution in [1.82, 2.24) is 10.7 Å². The molecule has 12 heteroatoms. The molecule has 0 aliphatic rings. The van der Waals surface area contributed by atoms with Crippen LogP contribution in [0.5, 0.6) is 11.5 Å². The molecule has 0 heterocycles. The van der Waals surface area contributed by atoms with Crippen LogP contribution in [-0.4, -0.2) is 33.2 Å². The lowest BCUT2D eigenvalue weighted by Gasteiger charge is -2.12. The summed E-state index contributed by atoms with van der Waals surface area (Å²) in [6, 6.07) is 11.6. The van der Waals surface area contributed by atoms with Crippen LogP contribution in [0.4, 0.5) is 5.69 Å². The van der Waals surface area contributed by atoms with Crippen LogP contribution in [0.2, 0.25) is 5.02 Å². The molecule has 3 aromatic carbocycles. The SMILES string of the molecule is Cc1c(O)c(Br)c(C)c(C=NNC(=O)/C(=C\c2ccc([N+](=O)[O-])cc2)NC(=O)c2ccccc2Cl)c1O. The Hall–Kier alpha value is -4.22. The fraction of sp³-hybridized carbons (Fsp3) is 0.0800. The van der Waals surface area contributed by atoms with E-state index in [1.807, 2.05) is 0 Å². The number of phenols is 2. The molecule has 0 saturated heterocycles. The number of amides is 2. The molecule has 0 aliphatic heterocycles. The summed E-state index contributed by atoms with van der Waals surface area (Å²) in [6.07, 6.45) is 2.51. The van der Waals surface area contributed by atoms with Gasteiger partial charge in [-0.1, -0.05) is 23.7 Å². The van der Waals surface area contributed by atoms with Gasteiger partial charge < -0.3 is 15.5 Å². The summed E-state index contributed by atoms with van der Waals surface area (Å²) >= 11 is 9.34. The van der Waals surface area contributed by atoms with Gasteiger partial charge in [0.2, 0.25) is 0 Å². The van der Waals surface area contributed by atoms with Gasteiger partial charge >= 0.3 is 0 Å². The van der Waals surface area contributed by atoms with E-state index in [0.717, 1.165) is 0 Å². The van der Waals surface area contributed by atoms with Gasteiger partial charge in [-0.05, 0) is 71.2 Å². The monoisotopic (exact) mass is 586 g/mol. The summed E-state index contributed by atoms with van der Waals surface area (Å²) in [5.41, 5.74) is 3.39. The molecule has 10 nitrogen and oxygen atoms in total. The first-order chi connectivity index (χ1) is 17.5. The topological polar surface area (TPSA) is 154 Å². The molecule has 3 rings (SSSR count). The summed E-state index contributed by atoms with van der Waals surface area (Å²) in [5.74, 6) is -1.82.